The van der Waals surface area contributed by atoms with Gasteiger partial charge in [0.1, 0.15) is 18.1 Å². The molecule has 0 radical (unpaired) electrons. The molecule has 0 bridgehead atoms. The highest BCUT2D eigenvalue weighted by molar-refractivity contribution is 5.69. The first-order chi connectivity index (χ1) is 10.5. The summed E-state index contributed by atoms with van der Waals surface area (Å²) in [6.07, 6.45) is 1.02. The second-order valence-electron chi connectivity index (χ2n) is 5.39. The monoisotopic (exact) mass is 298 g/mol. The third-order valence-electron chi connectivity index (χ3n) is 3.62. The predicted molar refractivity (Wildman–Crippen MR) is 87.4 cm³/mol. The molecule has 3 nitrogen and oxygen atoms in total. The van der Waals surface area contributed by atoms with Gasteiger partial charge in [0, 0.05) is 12.5 Å². The van der Waals surface area contributed by atoms with Gasteiger partial charge in [0.15, 0.2) is 0 Å². The Morgan fingerprint density at radius 2 is 1.73 bits per heavy atom. The van der Waals surface area contributed by atoms with Crippen molar-refractivity contribution in [2.45, 2.75) is 40.7 Å². The Balaban J connectivity index is 2.17. The van der Waals surface area contributed by atoms with Gasteiger partial charge < -0.3 is 9.47 Å². The maximum Gasteiger partial charge on any atom is 0.308 e. The number of carbonyl (C=O) groups is 1. The van der Waals surface area contributed by atoms with Crippen LogP contribution < -0.4 is 9.47 Å². The van der Waals surface area contributed by atoms with E-state index in [2.05, 4.69) is 26.0 Å². The van der Waals surface area contributed by atoms with E-state index < -0.39 is 0 Å². The highest BCUT2D eigenvalue weighted by Crippen LogP contribution is 2.26. The van der Waals surface area contributed by atoms with Gasteiger partial charge in [-0.05, 0) is 49.1 Å². The van der Waals surface area contributed by atoms with Gasteiger partial charge in [-0.15, -0.1) is 0 Å². The Hall–Kier alpha value is -2.29. The molecule has 0 aromatic heterocycles. The van der Waals surface area contributed by atoms with E-state index >= 15 is 0 Å². The molecule has 2 rings (SSSR count). The lowest BCUT2D eigenvalue weighted by Crippen LogP contribution is -2.06. The van der Waals surface area contributed by atoms with E-state index in [0.717, 1.165) is 23.3 Å². The molecule has 0 atom stereocenters. The lowest BCUT2D eigenvalue weighted by molar-refractivity contribution is -0.131. The SMILES string of the molecule is CCc1cc(C)c(OCc2ccccc2OC(C)=O)cc1C. The van der Waals surface area contributed by atoms with Crippen LogP contribution in [-0.4, -0.2) is 5.97 Å². The summed E-state index contributed by atoms with van der Waals surface area (Å²) in [6.45, 7) is 8.06. The maximum atomic E-state index is 11.1. The molecule has 0 heterocycles. The lowest BCUT2D eigenvalue weighted by atomic mass is 10.0. The molecule has 0 aliphatic heterocycles. The number of aryl methyl sites for hydroxylation is 3. The molecule has 0 saturated heterocycles. The molecule has 0 fully saturated rings. The average Bonchev–Trinajstić information content (AvgIpc) is 2.48. The van der Waals surface area contributed by atoms with E-state index in [1.165, 1.54) is 18.1 Å². The predicted octanol–water partition coefficient (Wildman–Crippen LogP) is 4.37. The fourth-order valence-electron chi connectivity index (χ4n) is 2.42. The topological polar surface area (TPSA) is 35.5 Å². The van der Waals surface area contributed by atoms with Gasteiger partial charge in [-0.25, -0.2) is 0 Å². The minimum absolute atomic E-state index is 0.327. The largest absolute Gasteiger partial charge is 0.488 e. The minimum atomic E-state index is -0.327. The molecule has 0 aliphatic rings. The molecule has 22 heavy (non-hydrogen) atoms. The molecule has 3 heteroatoms. The second kappa shape index (κ2) is 7.12. The van der Waals surface area contributed by atoms with Crippen LogP contribution in [0.15, 0.2) is 36.4 Å². The van der Waals surface area contributed by atoms with Gasteiger partial charge in [0.05, 0.1) is 0 Å². The van der Waals surface area contributed by atoms with Crippen LogP contribution in [0.25, 0.3) is 0 Å². The fraction of sp³-hybridized carbons (Fsp3) is 0.316. The fourth-order valence-corrected chi connectivity index (χ4v) is 2.42. The van der Waals surface area contributed by atoms with Crippen molar-refractivity contribution < 1.29 is 14.3 Å². The third kappa shape index (κ3) is 3.88. The first-order valence-corrected chi connectivity index (χ1v) is 7.50. The quantitative estimate of drug-likeness (QED) is 0.607. The molecular weight excluding hydrogens is 276 g/mol. The van der Waals surface area contributed by atoms with Crippen LogP contribution in [0.2, 0.25) is 0 Å². The standard InChI is InChI=1S/C19H22O3/c1-5-16-10-14(3)19(11-13(16)2)21-12-17-8-6-7-9-18(17)22-15(4)20/h6-11H,5,12H2,1-4H3. The molecule has 0 saturated carbocycles. The van der Waals surface area contributed by atoms with Crippen LogP contribution >= 0.6 is 0 Å². The maximum absolute atomic E-state index is 11.1. The summed E-state index contributed by atoms with van der Waals surface area (Å²) in [5.74, 6) is 1.09. The zero-order valence-electron chi connectivity index (χ0n) is 13.6. The van der Waals surface area contributed by atoms with Crippen molar-refractivity contribution in [2.75, 3.05) is 0 Å². The Bertz CT molecular complexity index is 674. The van der Waals surface area contributed by atoms with E-state index in [9.17, 15) is 4.79 Å². The van der Waals surface area contributed by atoms with Crippen molar-refractivity contribution in [2.24, 2.45) is 0 Å². The first-order valence-electron chi connectivity index (χ1n) is 7.50. The number of esters is 1. The van der Waals surface area contributed by atoms with Crippen molar-refractivity contribution >= 4 is 5.97 Å². The van der Waals surface area contributed by atoms with E-state index in [-0.39, 0.29) is 5.97 Å². The number of hydrogen-bond acceptors (Lipinski definition) is 3. The molecule has 0 unspecified atom stereocenters. The summed E-state index contributed by atoms with van der Waals surface area (Å²) in [4.78, 5) is 11.1. The van der Waals surface area contributed by atoms with Gasteiger partial charge >= 0.3 is 5.97 Å². The highest BCUT2D eigenvalue weighted by atomic mass is 16.5. The van der Waals surface area contributed by atoms with Crippen molar-refractivity contribution in [1.29, 1.82) is 0 Å². The van der Waals surface area contributed by atoms with Crippen LogP contribution in [-0.2, 0) is 17.8 Å². The Kier molecular flexibility index (Phi) is 5.21. The number of benzene rings is 2. The van der Waals surface area contributed by atoms with Crippen LogP contribution in [0.1, 0.15) is 36.1 Å². The third-order valence-corrected chi connectivity index (χ3v) is 3.62. The summed E-state index contributed by atoms with van der Waals surface area (Å²) in [6, 6.07) is 11.7. The zero-order valence-corrected chi connectivity index (χ0v) is 13.6. The van der Waals surface area contributed by atoms with Gasteiger partial charge in [-0.2, -0.15) is 0 Å². The van der Waals surface area contributed by atoms with Gasteiger partial charge in [0.2, 0.25) is 0 Å². The van der Waals surface area contributed by atoms with Gasteiger partial charge in [-0.1, -0.05) is 31.2 Å². The first kappa shape index (κ1) is 16.1. The summed E-state index contributed by atoms with van der Waals surface area (Å²) < 4.78 is 11.1. The molecule has 2 aromatic carbocycles. The molecule has 0 amide bonds. The van der Waals surface area contributed by atoms with Gasteiger partial charge in [0.25, 0.3) is 0 Å². The molecule has 116 valence electrons. The summed E-state index contributed by atoms with van der Waals surface area (Å²) >= 11 is 0. The lowest BCUT2D eigenvalue weighted by Gasteiger charge is -2.14. The van der Waals surface area contributed by atoms with Crippen molar-refractivity contribution in [3.05, 3.63) is 58.7 Å². The van der Waals surface area contributed by atoms with Crippen LogP contribution in [0, 0.1) is 13.8 Å². The van der Waals surface area contributed by atoms with Crippen LogP contribution in [0.3, 0.4) is 0 Å². The number of ether oxygens (including phenoxy) is 2. The van der Waals surface area contributed by atoms with Crippen molar-refractivity contribution in [3.8, 4) is 11.5 Å². The smallest absolute Gasteiger partial charge is 0.308 e. The summed E-state index contributed by atoms with van der Waals surface area (Å²) in [5.41, 5.74) is 4.54. The molecular formula is C19H22O3. The van der Waals surface area contributed by atoms with Crippen molar-refractivity contribution in [1.82, 2.24) is 0 Å². The van der Waals surface area contributed by atoms with Crippen LogP contribution in [0.4, 0.5) is 0 Å². The number of carbonyl (C=O) groups excluding carboxylic acids is 1. The Morgan fingerprint density at radius 1 is 1.00 bits per heavy atom. The molecule has 0 spiro atoms. The normalized spacial score (nSPS) is 10.4. The van der Waals surface area contributed by atoms with Crippen LogP contribution in [0.5, 0.6) is 11.5 Å². The summed E-state index contributed by atoms with van der Waals surface area (Å²) in [5, 5.41) is 0. The molecule has 0 aliphatic carbocycles. The van der Waals surface area contributed by atoms with E-state index in [4.69, 9.17) is 9.47 Å². The average molecular weight is 298 g/mol. The number of rotatable bonds is 5. The van der Waals surface area contributed by atoms with E-state index in [1.54, 1.807) is 6.07 Å². The Morgan fingerprint density at radius 3 is 2.41 bits per heavy atom. The second-order valence-corrected chi connectivity index (χ2v) is 5.39. The van der Waals surface area contributed by atoms with Crippen molar-refractivity contribution in [3.63, 3.8) is 0 Å². The molecule has 0 N–H and O–H groups in total. The van der Waals surface area contributed by atoms with Gasteiger partial charge in [-0.3, -0.25) is 4.79 Å². The zero-order chi connectivity index (χ0) is 16.1. The summed E-state index contributed by atoms with van der Waals surface area (Å²) in [7, 11) is 0. The number of hydrogen-bond donors (Lipinski definition) is 0. The minimum Gasteiger partial charge on any atom is -0.488 e. The van der Waals surface area contributed by atoms with E-state index in [0.29, 0.717) is 12.4 Å². The number of para-hydroxylation sites is 1. The molecule has 2 aromatic rings. The van der Waals surface area contributed by atoms with E-state index in [1.807, 2.05) is 25.1 Å². The Labute approximate surface area is 131 Å². The highest BCUT2D eigenvalue weighted by Gasteiger charge is 2.09.